The Balaban J connectivity index is 2.76. The van der Waals surface area contributed by atoms with Crippen molar-refractivity contribution in [2.24, 2.45) is 0 Å². The second kappa shape index (κ2) is 6.90. The fraction of sp³-hybridized carbons (Fsp3) is 0.909. The van der Waals surface area contributed by atoms with E-state index in [9.17, 15) is 4.79 Å². The van der Waals surface area contributed by atoms with Crippen molar-refractivity contribution >= 4 is 5.97 Å². The molecule has 17 heavy (non-hydrogen) atoms. The van der Waals surface area contributed by atoms with Gasteiger partial charge in [-0.05, 0) is 0 Å². The van der Waals surface area contributed by atoms with E-state index in [1.54, 1.807) is 21.3 Å². The van der Waals surface area contributed by atoms with E-state index in [2.05, 4.69) is 0 Å². The molecule has 1 heterocycles. The predicted molar refractivity (Wildman–Crippen MR) is 58.8 cm³/mol. The van der Waals surface area contributed by atoms with Gasteiger partial charge in [-0.25, -0.2) is 0 Å². The van der Waals surface area contributed by atoms with Crippen LogP contribution in [0.15, 0.2) is 0 Å². The topological polar surface area (TPSA) is 63.2 Å². The lowest BCUT2D eigenvalue weighted by atomic mass is 10.00. The molecule has 0 saturated carbocycles. The Labute approximate surface area is 101 Å². The van der Waals surface area contributed by atoms with Crippen molar-refractivity contribution in [3.05, 3.63) is 0 Å². The van der Waals surface area contributed by atoms with Gasteiger partial charge in [-0.2, -0.15) is 0 Å². The third-order valence-electron chi connectivity index (χ3n) is 2.74. The molecule has 0 amide bonds. The van der Waals surface area contributed by atoms with Gasteiger partial charge in [-0.15, -0.1) is 0 Å². The van der Waals surface area contributed by atoms with Crippen LogP contribution in [0.4, 0.5) is 0 Å². The summed E-state index contributed by atoms with van der Waals surface area (Å²) < 4.78 is 26.5. The van der Waals surface area contributed by atoms with Gasteiger partial charge in [-0.1, -0.05) is 0 Å². The summed E-state index contributed by atoms with van der Waals surface area (Å²) >= 11 is 0. The minimum Gasteiger partial charge on any atom is -0.457 e. The summed E-state index contributed by atoms with van der Waals surface area (Å²) in [6.45, 7) is 2.09. The molecule has 1 fully saturated rings. The third kappa shape index (κ3) is 3.64. The molecule has 100 valence electrons. The molecular weight excluding hydrogens is 228 g/mol. The molecule has 0 aromatic carbocycles. The van der Waals surface area contributed by atoms with E-state index in [1.165, 1.54) is 6.92 Å². The Bertz CT molecular complexity index is 244. The summed E-state index contributed by atoms with van der Waals surface area (Å²) in [5.74, 6) is -0.364. The summed E-state index contributed by atoms with van der Waals surface area (Å²) in [6, 6.07) is 0. The number of methoxy groups -OCH3 is 3. The summed E-state index contributed by atoms with van der Waals surface area (Å²) in [4.78, 5) is 11.1. The molecule has 0 aliphatic carbocycles. The van der Waals surface area contributed by atoms with E-state index in [4.69, 9.17) is 23.7 Å². The van der Waals surface area contributed by atoms with E-state index >= 15 is 0 Å². The lowest BCUT2D eigenvalue weighted by Crippen LogP contribution is -2.57. The molecule has 1 aliphatic heterocycles. The van der Waals surface area contributed by atoms with E-state index < -0.39 is 12.2 Å². The summed E-state index contributed by atoms with van der Waals surface area (Å²) in [7, 11) is 4.68. The second-order valence-electron chi connectivity index (χ2n) is 3.88. The molecule has 1 aliphatic rings. The molecular formula is C11H20O6. The van der Waals surface area contributed by atoms with Crippen molar-refractivity contribution in [3.63, 3.8) is 0 Å². The van der Waals surface area contributed by atoms with E-state index in [1.807, 2.05) is 0 Å². The molecule has 4 atom stereocenters. The number of rotatable bonds is 5. The first-order chi connectivity index (χ1) is 8.13. The van der Waals surface area contributed by atoms with Crippen LogP contribution in [0.2, 0.25) is 0 Å². The summed E-state index contributed by atoms with van der Waals surface area (Å²) in [6.07, 6.45) is -1.45. The number of esters is 1. The van der Waals surface area contributed by atoms with E-state index in [0.717, 1.165) is 0 Å². The van der Waals surface area contributed by atoms with Crippen LogP contribution in [0.3, 0.4) is 0 Å². The standard InChI is InChI=1S/C11H20O6/c1-7(12)17-11-8(14-3)6-16-9(5-13-2)10(11)15-4/h8-11H,5-6H2,1-4H3/t8-,9+,10-,11+/m0/s1. The molecule has 6 heteroatoms. The zero-order chi connectivity index (χ0) is 12.8. The Hall–Kier alpha value is -0.690. The first kappa shape index (κ1) is 14.4. The molecule has 0 N–H and O–H groups in total. The minimum atomic E-state index is -0.476. The van der Waals surface area contributed by atoms with Gasteiger partial charge in [-0.3, -0.25) is 4.79 Å². The van der Waals surface area contributed by atoms with Crippen molar-refractivity contribution < 1.29 is 28.5 Å². The summed E-state index contributed by atoms with van der Waals surface area (Å²) in [5.41, 5.74) is 0. The first-order valence-corrected chi connectivity index (χ1v) is 5.47. The normalized spacial score (nSPS) is 33.4. The maximum Gasteiger partial charge on any atom is 0.303 e. The monoisotopic (exact) mass is 248 g/mol. The maximum absolute atomic E-state index is 11.1. The van der Waals surface area contributed by atoms with Crippen molar-refractivity contribution in [1.82, 2.24) is 0 Å². The van der Waals surface area contributed by atoms with Crippen LogP contribution < -0.4 is 0 Å². The molecule has 6 nitrogen and oxygen atoms in total. The Morgan fingerprint density at radius 3 is 2.41 bits per heavy atom. The zero-order valence-electron chi connectivity index (χ0n) is 10.7. The minimum absolute atomic E-state index is 0.263. The van der Waals surface area contributed by atoms with Crippen LogP contribution in [0.1, 0.15) is 6.92 Å². The SMILES string of the molecule is COC[C@H]1OC[C@H](OC)[C@@H](OC(C)=O)[C@H]1OC. The van der Waals surface area contributed by atoms with Crippen LogP contribution in [-0.4, -0.2) is 64.9 Å². The summed E-state index contributed by atoms with van der Waals surface area (Å²) in [5, 5.41) is 0. The van der Waals surface area contributed by atoms with Crippen molar-refractivity contribution in [3.8, 4) is 0 Å². The molecule has 0 unspecified atom stereocenters. The fourth-order valence-corrected chi connectivity index (χ4v) is 1.96. The maximum atomic E-state index is 11.1. The molecule has 0 spiro atoms. The van der Waals surface area contributed by atoms with Gasteiger partial charge in [0.05, 0.1) is 13.2 Å². The predicted octanol–water partition coefficient (Wildman–Crippen LogP) is -0.00670. The average molecular weight is 248 g/mol. The highest BCUT2D eigenvalue weighted by molar-refractivity contribution is 5.66. The van der Waals surface area contributed by atoms with Crippen LogP contribution in [0.25, 0.3) is 0 Å². The molecule has 0 aromatic heterocycles. The van der Waals surface area contributed by atoms with Gasteiger partial charge in [0.15, 0.2) is 6.10 Å². The second-order valence-corrected chi connectivity index (χ2v) is 3.88. The van der Waals surface area contributed by atoms with E-state index in [0.29, 0.717) is 13.2 Å². The average Bonchev–Trinajstić information content (AvgIpc) is 2.29. The molecule has 0 bridgehead atoms. The molecule has 0 aromatic rings. The first-order valence-electron chi connectivity index (χ1n) is 5.47. The Kier molecular flexibility index (Phi) is 5.84. The van der Waals surface area contributed by atoms with Crippen LogP contribution in [0, 0.1) is 0 Å². The van der Waals surface area contributed by atoms with Crippen molar-refractivity contribution in [1.29, 1.82) is 0 Å². The highest BCUT2D eigenvalue weighted by atomic mass is 16.6. The highest BCUT2D eigenvalue weighted by Gasteiger charge is 2.43. The van der Waals surface area contributed by atoms with Gasteiger partial charge in [0.1, 0.15) is 18.3 Å². The molecule has 1 saturated heterocycles. The number of carbonyl (C=O) groups excluding carboxylic acids is 1. The number of carbonyl (C=O) groups is 1. The largest absolute Gasteiger partial charge is 0.457 e. The van der Waals surface area contributed by atoms with Crippen LogP contribution in [0.5, 0.6) is 0 Å². The smallest absolute Gasteiger partial charge is 0.303 e. The van der Waals surface area contributed by atoms with Crippen molar-refractivity contribution in [2.45, 2.75) is 31.3 Å². The quantitative estimate of drug-likeness (QED) is 0.638. The molecule has 0 radical (unpaired) electrons. The molecule has 1 rings (SSSR count). The van der Waals surface area contributed by atoms with Crippen LogP contribution >= 0.6 is 0 Å². The van der Waals surface area contributed by atoms with Gasteiger partial charge in [0.25, 0.3) is 0 Å². The highest BCUT2D eigenvalue weighted by Crippen LogP contribution is 2.23. The Morgan fingerprint density at radius 1 is 1.24 bits per heavy atom. The van der Waals surface area contributed by atoms with Gasteiger partial charge in [0.2, 0.25) is 0 Å². The number of hydrogen-bond donors (Lipinski definition) is 0. The van der Waals surface area contributed by atoms with Gasteiger partial charge >= 0.3 is 5.97 Å². The van der Waals surface area contributed by atoms with Crippen molar-refractivity contribution in [2.75, 3.05) is 34.5 Å². The van der Waals surface area contributed by atoms with Gasteiger partial charge < -0.3 is 23.7 Å². The third-order valence-corrected chi connectivity index (χ3v) is 2.74. The number of ether oxygens (including phenoxy) is 5. The lowest BCUT2D eigenvalue weighted by Gasteiger charge is -2.40. The Morgan fingerprint density at radius 2 is 1.94 bits per heavy atom. The van der Waals surface area contributed by atoms with Crippen LogP contribution in [-0.2, 0) is 28.5 Å². The lowest BCUT2D eigenvalue weighted by molar-refractivity contribution is -0.224. The fourth-order valence-electron chi connectivity index (χ4n) is 1.96. The van der Waals surface area contributed by atoms with Gasteiger partial charge in [0, 0.05) is 28.3 Å². The number of hydrogen-bond acceptors (Lipinski definition) is 6. The van der Waals surface area contributed by atoms with E-state index in [-0.39, 0.29) is 18.2 Å². The zero-order valence-corrected chi connectivity index (χ0v) is 10.7.